The van der Waals surface area contributed by atoms with Crippen LogP contribution in [0.4, 0.5) is 0 Å². The smallest absolute Gasteiger partial charge is 0.0622 e. The lowest BCUT2D eigenvalue weighted by molar-refractivity contribution is 0.128. The predicted molar refractivity (Wildman–Crippen MR) is 55.3 cm³/mol. The minimum absolute atomic E-state index is 0.339. The fourth-order valence-electron chi connectivity index (χ4n) is 2.76. The Bertz CT molecular complexity index is 169. The summed E-state index contributed by atoms with van der Waals surface area (Å²) in [6.07, 6.45) is 5.96. The van der Waals surface area contributed by atoms with Crippen molar-refractivity contribution in [2.45, 2.75) is 44.2 Å². The Morgan fingerprint density at radius 3 is 3.00 bits per heavy atom. The average Bonchev–Trinajstić information content (AvgIpc) is 2.84. The molecule has 82 valence electrons. The Morgan fingerprint density at radius 2 is 2.29 bits per heavy atom. The Morgan fingerprint density at radius 1 is 1.36 bits per heavy atom. The summed E-state index contributed by atoms with van der Waals surface area (Å²) in [6, 6.07) is 1.38. The van der Waals surface area contributed by atoms with Crippen molar-refractivity contribution in [2.75, 3.05) is 26.4 Å². The monoisotopic (exact) mass is 199 g/mol. The molecule has 3 nitrogen and oxygen atoms in total. The van der Waals surface area contributed by atoms with E-state index in [1.165, 1.54) is 25.8 Å². The van der Waals surface area contributed by atoms with E-state index in [0.29, 0.717) is 18.7 Å². The molecule has 0 spiro atoms. The Labute approximate surface area is 86.0 Å². The maximum atomic E-state index is 8.83. The Kier molecular flexibility index (Phi) is 3.79. The third-order valence-corrected chi connectivity index (χ3v) is 3.49. The lowest BCUT2D eigenvalue weighted by Crippen LogP contribution is -2.39. The van der Waals surface area contributed by atoms with Crippen LogP contribution in [0.1, 0.15) is 32.1 Å². The van der Waals surface area contributed by atoms with E-state index in [4.69, 9.17) is 9.84 Å². The maximum Gasteiger partial charge on any atom is 0.0622 e. The second-order valence-electron chi connectivity index (χ2n) is 4.42. The summed E-state index contributed by atoms with van der Waals surface area (Å²) < 4.78 is 5.43. The second kappa shape index (κ2) is 5.10. The first kappa shape index (κ1) is 10.4. The summed E-state index contributed by atoms with van der Waals surface area (Å²) in [4.78, 5) is 2.61. The molecule has 2 unspecified atom stereocenters. The number of hydrogen-bond acceptors (Lipinski definition) is 3. The molecule has 0 aromatic heterocycles. The number of nitrogens with zero attached hydrogens (tertiary/aromatic N) is 1. The first-order valence-corrected chi connectivity index (χ1v) is 5.86. The molecule has 1 N–H and O–H groups in total. The first-order chi connectivity index (χ1) is 6.92. The van der Waals surface area contributed by atoms with E-state index in [2.05, 4.69) is 4.90 Å². The molecule has 0 aromatic carbocycles. The average molecular weight is 199 g/mol. The van der Waals surface area contributed by atoms with Crippen LogP contribution in [0, 0.1) is 0 Å². The van der Waals surface area contributed by atoms with E-state index < -0.39 is 0 Å². The molecule has 3 heteroatoms. The third kappa shape index (κ3) is 2.27. The fraction of sp³-hybridized carbons (Fsp3) is 1.00. The first-order valence-electron chi connectivity index (χ1n) is 5.86. The number of hydrogen-bond donors (Lipinski definition) is 1. The fourth-order valence-corrected chi connectivity index (χ4v) is 2.76. The number of likely N-dealkylation sites (tertiary alicyclic amines) is 1. The molecule has 2 aliphatic rings. The van der Waals surface area contributed by atoms with Gasteiger partial charge in [0, 0.05) is 25.3 Å². The van der Waals surface area contributed by atoms with E-state index in [9.17, 15) is 0 Å². The van der Waals surface area contributed by atoms with Crippen LogP contribution in [0.5, 0.6) is 0 Å². The molecular formula is C11H21NO2. The van der Waals surface area contributed by atoms with E-state index in [1.807, 2.05) is 0 Å². The molecule has 0 aromatic rings. The molecule has 0 bridgehead atoms. The number of ether oxygens (including phenoxy) is 1. The van der Waals surface area contributed by atoms with Crippen molar-refractivity contribution in [1.82, 2.24) is 4.90 Å². The largest absolute Gasteiger partial charge is 0.396 e. The molecule has 2 heterocycles. The highest BCUT2D eigenvalue weighted by molar-refractivity contribution is 4.86. The van der Waals surface area contributed by atoms with Crippen molar-refractivity contribution in [2.24, 2.45) is 0 Å². The summed E-state index contributed by atoms with van der Waals surface area (Å²) in [5.41, 5.74) is 0. The molecule has 2 aliphatic heterocycles. The van der Waals surface area contributed by atoms with Gasteiger partial charge in [-0.3, -0.25) is 4.90 Å². The zero-order valence-electron chi connectivity index (χ0n) is 8.82. The van der Waals surface area contributed by atoms with E-state index in [0.717, 1.165) is 26.1 Å². The molecule has 2 fully saturated rings. The van der Waals surface area contributed by atoms with Gasteiger partial charge >= 0.3 is 0 Å². The van der Waals surface area contributed by atoms with Crippen molar-refractivity contribution in [3.05, 3.63) is 0 Å². The molecule has 2 rings (SSSR count). The van der Waals surface area contributed by atoms with E-state index in [-0.39, 0.29) is 0 Å². The van der Waals surface area contributed by atoms with Crippen LogP contribution in [0.2, 0.25) is 0 Å². The predicted octanol–water partition coefficient (Wildman–Crippen LogP) is 1.01. The van der Waals surface area contributed by atoms with Crippen LogP contribution in [0.3, 0.4) is 0 Å². The summed E-state index contributed by atoms with van der Waals surface area (Å²) >= 11 is 0. The number of aliphatic hydroxyl groups excluding tert-OH is 1. The zero-order valence-corrected chi connectivity index (χ0v) is 8.82. The molecule has 0 aliphatic carbocycles. The van der Waals surface area contributed by atoms with Gasteiger partial charge in [0.15, 0.2) is 0 Å². The molecule has 0 saturated carbocycles. The second-order valence-corrected chi connectivity index (χ2v) is 4.42. The topological polar surface area (TPSA) is 32.7 Å². The van der Waals surface area contributed by atoms with Crippen LogP contribution in [0.15, 0.2) is 0 Å². The highest BCUT2D eigenvalue weighted by Crippen LogP contribution is 2.26. The zero-order chi connectivity index (χ0) is 9.80. The molecule has 0 radical (unpaired) electrons. The van der Waals surface area contributed by atoms with Crippen molar-refractivity contribution in [1.29, 1.82) is 0 Å². The van der Waals surface area contributed by atoms with Gasteiger partial charge in [0.05, 0.1) is 6.61 Å². The van der Waals surface area contributed by atoms with Gasteiger partial charge in [-0.2, -0.15) is 0 Å². The van der Waals surface area contributed by atoms with Crippen LogP contribution in [-0.4, -0.2) is 48.5 Å². The Hall–Kier alpha value is -0.120. The molecule has 2 saturated heterocycles. The van der Waals surface area contributed by atoms with Crippen molar-refractivity contribution >= 4 is 0 Å². The summed E-state index contributed by atoms with van der Waals surface area (Å²) in [5, 5.41) is 8.83. The maximum absolute atomic E-state index is 8.83. The van der Waals surface area contributed by atoms with Gasteiger partial charge in [-0.1, -0.05) is 0 Å². The summed E-state index contributed by atoms with van der Waals surface area (Å²) in [5.74, 6) is 0. The van der Waals surface area contributed by atoms with Crippen LogP contribution in [0.25, 0.3) is 0 Å². The minimum atomic E-state index is 0.339. The van der Waals surface area contributed by atoms with Gasteiger partial charge in [0.25, 0.3) is 0 Å². The summed E-state index contributed by atoms with van der Waals surface area (Å²) in [6.45, 7) is 3.44. The van der Waals surface area contributed by atoms with Gasteiger partial charge in [0.1, 0.15) is 0 Å². The highest BCUT2D eigenvalue weighted by Gasteiger charge is 2.32. The van der Waals surface area contributed by atoms with Gasteiger partial charge in [-0.15, -0.1) is 0 Å². The quantitative estimate of drug-likeness (QED) is 0.733. The molecule has 0 amide bonds. The lowest BCUT2D eigenvalue weighted by Gasteiger charge is -2.29. The normalized spacial score (nSPS) is 34.1. The van der Waals surface area contributed by atoms with Gasteiger partial charge in [-0.05, 0) is 38.6 Å². The minimum Gasteiger partial charge on any atom is -0.396 e. The van der Waals surface area contributed by atoms with Crippen LogP contribution < -0.4 is 0 Å². The summed E-state index contributed by atoms with van der Waals surface area (Å²) in [7, 11) is 0. The SMILES string of the molecule is OCCCC1CCCN1C1CCOC1. The van der Waals surface area contributed by atoms with E-state index >= 15 is 0 Å². The number of rotatable bonds is 4. The highest BCUT2D eigenvalue weighted by atomic mass is 16.5. The van der Waals surface area contributed by atoms with Crippen molar-refractivity contribution < 1.29 is 9.84 Å². The van der Waals surface area contributed by atoms with Crippen molar-refractivity contribution in [3.63, 3.8) is 0 Å². The molecule has 14 heavy (non-hydrogen) atoms. The van der Waals surface area contributed by atoms with E-state index in [1.54, 1.807) is 0 Å². The molecule has 2 atom stereocenters. The standard InChI is InChI=1S/C11H21NO2/c13-7-2-4-10-3-1-6-12(10)11-5-8-14-9-11/h10-11,13H,1-9H2. The van der Waals surface area contributed by atoms with Crippen molar-refractivity contribution in [3.8, 4) is 0 Å². The van der Waals surface area contributed by atoms with Crippen LogP contribution in [-0.2, 0) is 4.74 Å². The lowest BCUT2D eigenvalue weighted by atomic mass is 10.1. The van der Waals surface area contributed by atoms with Gasteiger partial charge < -0.3 is 9.84 Å². The molecular weight excluding hydrogens is 178 g/mol. The van der Waals surface area contributed by atoms with Gasteiger partial charge in [0.2, 0.25) is 0 Å². The Balaban J connectivity index is 1.82. The third-order valence-electron chi connectivity index (χ3n) is 3.49. The number of aliphatic hydroxyl groups is 1. The van der Waals surface area contributed by atoms with Gasteiger partial charge in [-0.25, -0.2) is 0 Å². The van der Waals surface area contributed by atoms with Crippen LogP contribution >= 0.6 is 0 Å².